The number of benzene rings is 1. The Kier molecular flexibility index (Phi) is 4.18. The molecule has 1 amide bonds. The lowest BCUT2D eigenvalue weighted by Crippen LogP contribution is -2.12. The third kappa shape index (κ3) is 3.16. The van der Waals surface area contributed by atoms with Crippen LogP contribution in [-0.4, -0.2) is 22.9 Å². The summed E-state index contributed by atoms with van der Waals surface area (Å²) in [5.41, 5.74) is 1.28. The Hall–Kier alpha value is -2.48. The minimum absolute atomic E-state index is 0.142. The molecule has 110 valence electrons. The maximum Gasteiger partial charge on any atom is 0.293 e. The highest BCUT2D eigenvalue weighted by Gasteiger charge is 2.17. The standard InChI is InChI=1S/C13H14N4O3S/c1-7-8(2)21-13(15-7)16-12(18)9-4-5-10(14-3)11(6-9)17(19)20/h4-6,14H,1-3H3,(H,15,16,18). The first kappa shape index (κ1) is 14.9. The molecule has 2 aromatic rings. The molecular formula is C13H14N4O3S. The van der Waals surface area contributed by atoms with Crippen molar-refractivity contribution in [1.82, 2.24) is 4.98 Å². The third-order valence-electron chi connectivity index (χ3n) is 2.97. The van der Waals surface area contributed by atoms with E-state index in [1.807, 2.05) is 13.8 Å². The van der Waals surface area contributed by atoms with E-state index in [2.05, 4.69) is 15.6 Å². The molecule has 7 nitrogen and oxygen atoms in total. The molecule has 0 bridgehead atoms. The van der Waals surface area contributed by atoms with Crippen LogP contribution in [0.2, 0.25) is 0 Å². The number of aryl methyl sites for hydroxylation is 2. The molecule has 0 spiro atoms. The van der Waals surface area contributed by atoms with Crippen molar-refractivity contribution in [3.63, 3.8) is 0 Å². The summed E-state index contributed by atoms with van der Waals surface area (Å²) in [4.78, 5) is 27.8. The van der Waals surface area contributed by atoms with E-state index in [0.717, 1.165) is 10.6 Å². The minimum Gasteiger partial charge on any atom is -0.383 e. The van der Waals surface area contributed by atoms with E-state index in [1.54, 1.807) is 7.05 Å². The van der Waals surface area contributed by atoms with Crippen molar-refractivity contribution in [2.75, 3.05) is 17.7 Å². The monoisotopic (exact) mass is 306 g/mol. The predicted octanol–water partition coefficient (Wildman–Crippen LogP) is 2.96. The molecule has 0 fully saturated rings. The summed E-state index contributed by atoms with van der Waals surface area (Å²) in [6.45, 7) is 3.77. The van der Waals surface area contributed by atoms with Crippen molar-refractivity contribution < 1.29 is 9.72 Å². The molecular weight excluding hydrogens is 292 g/mol. The van der Waals surface area contributed by atoms with Crippen LogP contribution in [0.15, 0.2) is 18.2 Å². The average Bonchev–Trinajstić information content (AvgIpc) is 2.76. The number of nitro groups is 1. The number of amides is 1. The summed E-state index contributed by atoms with van der Waals surface area (Å²) in [5.74, 6) is -0.422. The maximum absolute atomic E-state index is 12.1. The largest absolute Gasteiger partial charge is 0.383 e. The van der Waals surface area contributed by atoms with Gasteiger partial charge in [0, 0.05) is 23.6 Å². The lowest BCUT2D eigenvalue weighted by atomic mass is 10.1. The van der Waals surface area contributed by atoms with Crippen LogP contribution in [0.3, 0.4) is 0 Å². The number of hydrogen-bond acceptors (Lipinski definition) is 6. The van der Waals surface area contributed by atoms with Gasteiger partial charge in [-0.2, -0.15) is 0 Å². The second-order valence-corrected chi connectivity index (χ2v) is 5.56. The van der Waals surface area contributed by atoms with E-state index in [9.17, 15) is 14.9 Å². The van der Waals surface area contributed by atoms with Gasteiger partial charge in [-0.15, -0.1) is 11.3 Å². The van der Waals surface area contributed by atoms with E-state index in [0.29, 0.717) is 10.8 Å². The van der Waals surface area contributed by atoms with Gasteiger partial charge in [0.25, 0.3) is 11.6 Å². The third-order valence-corrected chi connectivity index (χ3v) is 3.96. The number of carbonyl (C=O) groups excluding carboxylic acids is 1. The van der Waals surface area contributed by atoms with E-state index >= 15 is 0 Å². The SMILES string of the molecule is CNc1ccc(C(=O)Nc2nc(C)c(C)s2)cc1[N+](=O)[O-]. The average molecular weight is 306 g/mol. The van der Waals surface area contributed by atoms with E-state index in [4.69, 9.17) is 0 Å². The lowest BCUT2D eigenvalue weighted by molar-refractivity contribution is -0.384. The molecule has 0 aliphatic carbocycles. The molecule has 21 heavy (non-hydrogen) atoms. The van der Waals surface area contributed by atoms with Crippen LogP contribution >= 0.6 is 11.3 Å². The van der Waals surface area contributed by atoms with Crippen molar-refractivity contribution in [1.29, 1.82) is 0 Å². The van der Waals surface area contributed by atoms with Crippen molar-refractivity contribution in [2.24, 2.45) is 0 Å². The summed E-state index contributed by atoms with van der Waals surface area (Å²) in [7, 11) is 1.59. The van der Waals surface area contributed by atoms with Crippen LogP contribution in [0.1, 0.15) is 20.9 Å². The van der Waals surface area contributed by atoms with E-state index in [-0.39, 0.29) is 11.3 Å². The zero-order valence-electron chi connectivity index (χ0n) is 11.8. The van der Waals surface area contributed by atoms with Crippen LogP contribution in [0.5, 0.6) is 0 Å². The number of carbonyl (C=O) groups is 1. The molecule has 1 aromatic carbocycles. The molecule has 0 aliphatic rings. The van der Waals surface area contributed by atoms with Crippen LogP contribution < -0.4 is 10.6 Å². The van der Waals surface area contributed by atoms with Gasteiger partial charge in [-0.05, 0) is 26.0 Å². The molecule has 8 heteroatoms. The predicted molar refractivity (Wildman–Crippen MR) is 82.2 cm³/mol. The van der Waals surface area contributed by atoms with E-state index in [1.165, 1.54) is 29.5 Å². The van der Waals surface area contributed by atoms with Gasteiger partial charge in [-0.3, -0.25) is 20.2 Å². The second-order valence-electron chi connectivity index (χ2n) is 4.35. The highest BCUT2D eigenvalue weighted by molar-refractivity contribution is 7.15. The molecule has 0 saturated heterocycles. The van der Waals surface area contributed by atoms with Gasteiger partial charge in [-0.25, -0.2) is 4.98 Å². The summed E-state index contributed by atoms with van der Waals surface area (Å²) < 4.78 is 0. The van der Waals surface area contributed by atoms with Crippen molar-refractivity contribution in [3.05, 3.63) is 44.4 Å². The Labute approximate surface area is 125 Å². The van der Waals surface area contributed by atoms with Gasteiger partial charge in [-0.1, -0.05) is 0 Å². The normalized spacial score (nSPS) is 10.2. The van der Waals surface area contributed by atoms with E-state index < -0.39 is 10.8 Å². The fourth-order valence-corrected chi connectivity index (χ4v) is 2.54. The summed E-state index contributed by atoms with van der Waals surface area (Å²) in [5, 5.41) is 16.8. The Morgan fingerprint density at radius 2 is 2.10 bits per heavy atom. The van der Waals surface area contributed by atoms with Gasteiger partial charge in [0.15, 0.2) is 5.13 Å². The Balaban J connectivity index is 2.27. The van der Waals surface area contributed by atoms with Gasteiger partial charge in [0.1, 0.15) is 5.69 Å². The minimum atomic E-state index is -0.527. The summed E-state index contributed by atoms with van der Waals surface area (Å²) >= 11 is 1.37. The van der Waals surface area contributed by atoms with Gasteiger partial charge < -0.3 is 5.32 Å². The molecule has 0 atom stereocenters. The van der Waals surface area contributed by atoms with Crippen LogP contribution in [-0.2, 0) is 0 Å². The molecule has 0 aliphatic heterocycles. The summed E-state index contributed by atoms with van der Waals surface area (Å²) in [6, 6.07) is 4.28. The first-order chi connectivity index (χ1) is 9.92. The van der Waals surface area contributed by atoms with Gasteiger partial charge >= 0.3 is 0 Å². The molecule has 2 N–H and O–H groups in total. The van der Waals surface area contributed by atoms with Crippen molar-refractivity contribution >= 4 is 33.8 Å². The topological polar surface area (TPSA) is 97.2 Å². The zero-order valence-corrected chi connectivity index (χ0v) is 12.6. The first-order valence-corrected chi connectivity index (χ1v) is 6.95. The molecule has 1 aromatic heterocycles. The maximum atomic E-state index is 12.1. The second kappa shape index (κ2) is 5.88. The van der Waals surface area contributed by atoms with Crippen molar-refractivity contribution in [2.45, 2.75) is 13.8 Å². The van der Waals surface area contributed by atoms with Gasteiger partial charge in [0.2, 0.25) is 0 Å². The Morgan fingerprint density at radius 3 is 2.62 bits per heavy atom. The number of thiazole rings is 1. The molecule has 0 radical (unpaired) electrons. The zero-order chi connectivity index (χ0) is 15.6. The van der Waals surface area contributed by atoms with Crippen LogP contribution in [0.25, 0.3) is 0 Å². The smallest absolute Gasteiger partial charge is 0.293 e. The van der Waals surface area contributed by atoms with Crippen LogP contribution in [0, 0.1) is 24.0 Å². The fourth-order valence-electron chi connectivity index (χ4n) is 1.73. The number of nitrogens with one attached hydrogen (secondary N) is 2. The molecule has 2 rings (SSSR count). The highest BCUT2D eigenvalue weighted by Crippen LogP contribution is 2.26. The van der Waals surface area contributed by atoms with Crippen molar-refractivity contribution in [3.8, 4) is 0 Å². The number of hydrogen-bond donors (Lipinski definition) is 2. The quantitative estimate of drug-likeness (QED) is 0.668. The number of nitrogens with zero attached hydrogens (tertiary/aromatic N) is 2. The molecule has 0 unspecified atom stereocenters. The Bertz CT molecular complexity index is 692. The lowest BCUT2D eigenvalue weighted by Gasteiger charge is -2.05. The number of rotatable bonds is 4. The fraction of sp³-hybridized carbons (Fsp3) is 0.231. The number of nitro benzene ring substituents is 1. The summed E-state index contributed by atoms with van der Waals surface area (Å²) in [6.07, 6.45) is 0. The number of aromatic nitrogens is 1. The van der Waals surface area contributed by atoms with Gasteiger partial charge in [0.05, 0.1) is 10.6 Å². The highest BCUT2D eigenvalue weighted by atomic mass is 32.1. The number of anilines is 2. The molecule has 0 saturated carbocycles. The Morgan fingerprint density at radius 1 is 1.38 bits per heavy atom. The molecule has 1 heterocycles. The first-order valence-electron chi connectivity index (χ1n) is 6.14. The van der Waals surface area contributed by atoms with Crippen LogP contribution in [0.4, 0.5) is 16.5 Å².